The Morgan fingerprint density at radius 2 is 1.84 bits per heavy atom. The minimum absolute atomic E-state index is 0.348. The zero-order chi connectivity index (χ0) is 26.3. The fraction of sp³-hybridized carbons (Fsp3) is 0.290. The number of pyridine rings is 1. The molecule has 0 saturated carbocycles. The lowest BCUT2D eigenvalue weighted by Crippen LogP contribution is -2.37. The van der Waals surface area contributed by atoms with Crippen LogP contribution in [0.1, 0.15) is 49.6 Å². The van der Waals surface area contributed by atoms with E-state index in [1.807, 2.05) is 88.4 Å². The molecule has 0 aliphatic rings. The molecule has 0 aliphatic heterocycles. The van der Waals surface area contributed by atoms with Crippen molar-refractivity contribution in [2.45, 2.75) is 46.3 Å². The van der Waals surface area contributed by atoms with Crippen LogP contribution in [0, 0.1) is 6.92 Å². The molecule has 0 fully saturated rings. The number of fused-ring (bicyclic) bond motifs is 1. The quantitative estimate of drug-likeness (QED) is 0.223. The second kappa shape index (κ2) is 11.8. The summed E-state index contributed by atoms with van der Waals surface area (Å²) in [6.07, 6.45) is 7.81. The van der Waals surface area contributed by atoms with Gasteiger partial charge in [0.2, 0.25) is 0 Å². The predicted octanol–water partition coefficient (Wildman–Crippen LogP) is 7.51. The number of amides is 1. The van der Waals surface area contributed by atoms with Gasteiger partial charge in [0.25, 0.3) is 0 Å². The zero-order valence-electron chi connectivity index (χ0n) is 21.9. The van der Waals surface area contributed by atoms with Gasteiger partial charge in [-0.15, -0.1) is 0 Å². The number of hydrogen-bond donors (Lipinski definition) is 0. The van der Waals surface area contributed by atoms with Crippen LogP contribution in [0.3, 0.4) is 0 Å². The van der Waals surface area contributed by atoms with Crippen LogP contribution in [0.5, 0.6) is 5.75 Å². The molecule has 37 heavy (non-hydrogen) atoms. The van der Waals surface area contributed by atoms with Gasteiger partial charge in [-0.1, -0.05) is 48.5 Å². The number of benzene rings is 2. The Hall–Kier alpha value is -4.06. The Bertz CT molecular complexity index is 1340. The summed E-state index contributed by atoms with van der Waals surface area (Å²) in [5.41, 5.74) is 3.31. The number of rotatable bonds is 9. The van der Waals surface area contributed by atoms with E-state index in [1.165, 1.54) is 0 Å². The first-order valence-electron chi connectivity index (χ1n) is 12.5. The van der Waals surface area contributed by atoms with E-state index in [2.05, 4.69) is 17.1 Å². The number of carbonyl (C=O) groups excluding carboxylic acids is 1. The molecule has 6 heteroatoms. The molecule has 0 spiro atoms. The summed E-state index contributed by atoms with van der Waals surface area (Å²) in [6.45, 7) is 9.02. The highest BCUT2D eigenvalue weighted by Crippen LogP contribution is 2.34. The van der Waals surface area contributed by atoms with E-state index in [0.29, 0.717) is 26.1 Å². The Morgan fingerprint density at radius 1 is 1.03 bits per heavy atom. The molecule has 0 aliphatic carbocycles. The topological polar surface area (TPSA) is 64.8 Å². The molecule has 0 N–H and O–H groups in total. The average molecular weight is 499 g/mol. The molecule has 2 aromatic heterocycles. The van der Waals surface area contributed by atoms with Gasteiger partial charge < -0.3 is 18.8 Å². The Kier molecular flexibility index (Phi) is 8.29. The number of nitrogens with zero attached hydrogens (tertiary/aromatic N) is 2. The first kappa shape index (κ1) is 26.0. The van der Waals surface area contributed by atoms with Crippen LogP contribution in [0.15, 0.2) is 77.5 Å². The summed E-state index contributed by atoms with van der Waals surface area (Å²) in [7, 11) is 0. The normalized spacial score (nSPS) is 11.7. The average Bonchev–Trinajstić information content (AvgIpc) is 3.21. The molecule has 6 nitrogen and oxygen atoms in total. The van der Waals surface area contributed by atoms with E-state index in [-0.39, 0.29) is 6.09 Å². The van der Waals surface area contributed by atoms with Crippen molar-refractivity contribution in [1.82, 2.24) is 9.88 Å². The van der Waals surface area contributed by atoms with Crippen molar-refractivity contribution in [2.75, 3.05) is 13.2 Å². The summed E-state index contributed by atoms with van der Waals surface area (Å²) in [6, 6.07) is 19.8. The number of furan rings is 1. The minimum Gasteiger partial charge on any atom is -0.493 e. The molecular formula is C31H34N2O4. The maximum absolute atomic E-state index is 12.8. The smallest absolute Gasteiger partial charge is 0.410 e. The van der Waals surface area contributed by atoms with Gasteiger partial charge >= 0.3 is 6.09 Å². The van der Waals surface area contributed by atoms with Gasteiger partial charge in [0.15, 0.2) is 0 Å². The number of aromatic nitrogens is 1. The molecule has 0 bridgehead atoms. The molecule has 0 radical (unpaired) electrons. The van der Waals surface area contributed by atoms with E-state index in [0.717, 1.165) is 39.2 Å². The second-order valence-electron chi connectivity index (χ2n) is 9.93. The lowest BCUT2D eigenvalue weighted by Gasteiger charge is -2.27. The highest BCUT2D eigenvalue weighted by Gasteiger charge is 2.22. The summed E-state index contributed by atoms with van der Waals surface area (Å²) in [5.74, 6) is 1.58. The largest absolute Gasteiger partial charge is 0.493 e. The number of ether oxygens (including phenoxy) is 2. The van der Waals surface area contributed by atoms with Crippen LogP contribution in [0.25, 0.3) is 23.1 Å². The second-order valence-corrected chi connectivity index (χ2v) is 9.93. The molecule has 2 aromatic carbocycles. The van der Waals surface area contributed by atoms with Gasteiger partial charge in [-0.2, -0.15) is 0 Å². The van der Waals surface area contributed by atoms with Crippen molar-refractivity contribution in [3.63, 3.8) is 0 Å². The van der Waals surface area contributed by atoms with Crippen LogP contribution in [-0.2, 0) is 11.3 Å². The fourth-order valence-electron chi connectivity index (χ4n) is 4.01. The van der Waals surface area contributed by atoms with E-state index >= 15 is 0 Å². The maximum Gasteiger partial charge on any atom is 0.410 e. The zero-order valence-corrected chi connectivity index (χ0v) is 21.9. The van der Waals surface area contributed by atoms with Crippen molar-refractivity contribution in [3.8, 4) is 5.75 Å². The van der Waals surface area contributed by atoms with Crippen molar-refractivity contribution in [3.05, 3.63) is 95.5 Å². The third-order valence-corrected chi connectivity index (χ3v) is 5.76. The SMILES string of the molecule is Cc1c(/C=C/c2ccccc2)oc2cccc(OCCCN(Cc3cccnc3)C(=O)OC(C)(C)C)c12. The van der Waals surface area contributed by atoms with Gasteiger partial charge in [-0.3, -0.25) is 4.98 Å². The highest BCUT2D eigenvalue weighted by atomic mass is 16.6. The van der Waals surface area contributed by atoms with Gasteiger partial charge in [-0.25, -0.2) is 4.79 Å². The molecule has 0 atom stereocenters. The number of carbonyl (C=O) groups is 1. The molecule has 0 saturated heterocycles. The van der Waals surface area contributed by atoms with Crippen LogP contribution in [0.4, 0.5) is 4.79 Å². The number of aryl methyl sites for hydroxylation is 1. The van der Waals surface area contributed by atoms with Crippen molar-refractivity contribution < 1.29 is 18.7 Å². The van der Waals surface area contributed by atoms with E-state index < -0.39 is 5.60 Å². The Morgan fingerprint density at radius 3 is 2.57 bits per heavy atom. The molecular weight excluding hydrogens is 464 g/mol. The Labute approximate surface area is 218 Å². The summed E-state index contributed by atoms with van der Waals surface area (Å²) in [4.78, 5) is 18.7. The minimum atomic E-state index is -0.568. The van der Waals surface area contributed by atoms with E-state index in [9.17, 15) is 4.79 Å². The summed E-state index contributed by atoms with van der Waals surface area (Å²) >= 11 is 0. The molecule has 2 heterocycles. The highest BCUT2D eigenvalue weighted by molar-refractivity contribution is 5.91. The van der Waals surface area contributed by atoms with Crippen molar-refractivity contribution >= 4 is 29.2 Å². The lowest BCUT2D eigenvalue weighted by molar-refractivity contribution is 0.0225. The lowest BCUT2D eigenvalue weighted by atomic mass is 10.1. The Balaban J connectivity index is 1.42. The number of hydrogen-bond acceptors (Lipinski definition) is 5. The molecule has 192 valence electrons. The summed E-state index contributed by atoms with van der Waals surface area (Å²) < 4.78 is 17.9. The maximum atomic E-state index is 12.8. The third-order valence-electron chi connectivity index (χ3n) is 5.76. The van der Waals surface area contributed by atoms with Crippen molar-refractivity contribution in [1.29, 1.82) is 0 Å². The summed E-state index contributed by atoms with van der Waals surface area (Å²) in [5, 5.41) is 0.967. The predicted molar refractivity (Wildman–Crippen MR) is 147 cm³/mol. The molecule has 4 aromatic rings. The molecule has 1 amide bonds. The van der Waals surface area contributed by atoms with E-state index in [4.69, 9.17) is 13.9 Å². The van der Waals surface area contributed by atoms with Crippen LogP contribution in [-0.4, -0.2) is 34.7 Å². The molecule has 0 unspecified atom stereocenters. The van der Waals surface area contributed by atoms with Gasteiger partial charge in [0.1, 0.15) is 22.7 Å². The third kappa shape index (κ3) is 7.23. The first-order chi connectivity index (χ1) is 17.8. The monoisotopic (exact) mass is 498 g/mol. The van der Waals surface area contributed by atoms with Gasteiger partial charge in [-0.05, 0) is 69.5 Å². The van der Waals surface area contributed by atoms with E-state index in [1.54, 1.807) is 17.3 Å². The van der Waals surface area contributed by atoms with Crippen molar-refractivity contribution in [2.24, 2.45) is 0 Å². The fourth-order valence-corrected chi connectivity index (χ4v) is 4.01. The van der Waals surface area contributed by atoms with Crippen LogP contribution in [0.2, 0.25) is 0 Å². The van der Waals surface area contributed by atoms with Crippen LogP contribution >= 0.6 is 0 Å². The molecule has 4 rings (SSSR count). The van der Waals surface area contributed by atoms with Gasteiger partial charge in [0.05, 0.1) is 18.5 Å². The first-order valence-corrected chi connectivity index (χ1v) is 12.5. The van der Waals surface area contributed by atoms with Gasteiger partial charge in [0, 0.05) is 24.5 Å². The standard InChI is InChI=1S/C31H34N2O4/c1-23-26(17-16-24-11-6-5-7-12-24)36-28-15-8-14-27(29(23)28)35-20-10-19-33(30(34)37-31(2,3)4)22-25-13-9-18-32-21-25/h5-9,11-18,21H,10,19-20,22H2,1-4H3/b17-16+. The van der Waals surface area contributed by atoms with Crippen LogP contribution < -0.4 is 4.74 Å².